The van der Waals surface area contributed by atoms with Gasteiger partial charge in [-0.2, -0.15) is 0 Å². The van der Waals surface area contributed by atoms with Crippen LogP contribution < -0.4 is 0 Å². The molecule has 3 nitrogen and oxygen atoms in total. The molecule has 0 unspecified atom stereocenters. The molecule has 0 amide bonds. The van der Waals surface area contributed by atoms with Crippen molar-refractivity contribution in [2.24, 2.45) is 0 Å². The molecule has 0 aliphatic carbocycles. The van der Waals surface area contributed by atoms with Crippen LogP contribution in [0.25, 0.3) is 11.1 Å². The van der Waals surface area contributed by atoms with Crippen LogP contribution in [-0.4, -0.2) is 16.1 Å². The quantitative estimate of drug-likeness (QED) is 0.784. The Kier molecular flexibility index (Phi) is 2.29. The fourth-order valence-corrected chi connectivity index (χ4v) is 1.64. The Labute approximate surface area is 87.4 Å². The Balaban J connectivity index is 2.52. The van der Waals surface area contributed by atoms with Gasteiger partial charge in [0.1, 0.15) is 5.69 Å². The highest BCUT2D eigenvalue weighted by atomic mass is 16.4. The average molecular weight is 201 g/mol. The Hall–Kier alpha value is -2.03. The van der Waals surface area contributed by atoms with E-state index in [0.717, 1.165) is 16.7 Å². The van der Waals surface area contributed by atoms with Crippen LogP contribution in [-0.2, 0) is 0 Å². The van der Waals surface area contributed by atoms with Crippen LogP contribution >= 0.6 is 0 Å². The van der Waals surface area contributed by atoms with Crippen LogP contribution in [0.2, 0.25) is 0 Å². The second kappa shape index (κ2) is 3.61. The molecular weight excluding hydrogens is 190 g/mol. The summed E-state index contributed by atoms with van der Waals surface area (Å²) in [5.41, 5.74) is 2.99. The minimum absolute atomic E-state index is 0.258. The van der Waals surface area contributed by atoms with Gasteiger partial charge in [-0.25, -0.2) is 4.79 Å². The number of carboxylic acids is 1. The van der Waals surface area contributed by atoms with Crippen molar-refractivity contribution in [2.75, 3.05) is 0 Å². The van der Waals surface area contributed by atoms with Gasteiger partial charge in [0.15, 0.2) is 0 Å². The standard InChI is InChI=1S/C12H11NO2/c1-8-10(7-13-11(8)12(14)15)9-5-3-2-4-6-9/h2-7,13H,1H3,(H,14,15). The summed E-state index contributed by atoms with van der Waals surface area (Å²) in [7, 11) is 0. The first-order valence-electron chi connectivity index (χ1n) is 4.67. The number of aromatic carboxylic acids is 1. The van der Waals surface area contributed by atoms with Crippen LogP contribution in [0.3, 0.4) is 0 Å². The number of hydrogen-bond acceptors (Lipinski definition) is 1. The molecule has 0 bridgehead atoms. The molecule has 0 fully saturated rings. The lowest BCUT2D eigenvalue weighted by molar-refractivity contribution is 0.0690. The first-order chi connectivity index (χ1) is 7.20. The topological polar surface area (TPSA) is 53.1 Å². The highest BCUT2D eigenvalue weighted by molar-refractivity contribution is 5.90. The van der Waals surface area contributed by atoms with E-state index in [1.165, 1.54) is 0 Å². The van der Waals surface area contributed by atoms with Gasteiger partial charge in [0, 0.05) is 11.8 Å². The smallest absolute Gasteiger partial charge is 0.352 e. The summed E-state index contributed by atoms with van der Waals surface area (Å²) in [6.07, 6.45) is 1.73. The number of nitrogens with one attached hydrogen (secondary N) is 1. The average Bonchev–Trinajstić information content (AvgIpc) is 2.61. The van der Waals surface area contributed by atoms with E-state index < -0.39 is 5.97 Å². The van der Waals surface area contributed by atoms with Crippen molar-refractivity contribution < 1.29 is 9.90 Å². The minimum atomic E-state index is -0.922. The van der Waals surface area contributed by atoms with E-state index in [2.05, 4.69) is 4.98 Å². The van der Waals surface area contributed by atoms with E-state index in [0.29, 0.717) is 0 Å². The van der Waals surface area contributed by atoms with Crippen molar-refractivity contribution >= 4 is 5.97 Å². The molecule has 2 rings (SSSR count). The lowest BCUT2D eigenvalue weighted by atomic mass is 10.0. The molecule has 1 aromatic heterocycles. The first kappa shape index (κ1) is 9.52. The molecule has 0 saturated heterocycles. The third kappa shape index (κ3) is 1.64. The largest absolute Gasteiger partial charge is 0.477 e. The van der Waals surface area contributed by atoms with Crippen molar-refractivity contribution in [3.05, 3.63) is 47.8 Å². The molecule has 0 spiro atoms. The minimum Gasteiger partial charge on any atom is -0.477 e. The third-order valence-electron chi connectivity index (χ3n) is 2.44. The van der Waals surface area contributed by atoms with Crippen molar-refractivity contribution in [2.45, 2.75) is 6.92 Å². The van der Waals surface area contributed by atoms with Crippen molar-refractivity contribution in [1.82, 2.24) is 4.98 Å². The Bertz CT molecular complexity index is 486. The predicted octanol–water partition coefficient (Wildman–Crippen LogP) is 2.69. The first-order valence-corrected chi connectivity index (χ1v) is 4.67. The lowest BCUT2D eigenvalue weighted by Crippen LogP contribution is -1.98. The number of aromatic amines is 1. The summed E-state index contributed by atoms with van der Waals surface area (Å²) in [5, 5.41) is 8.89. The van der Waals surface area contributed by atoms with Gasteiger partial charge in [0.25, 0.3) is 0 Å². The van der Waals surface area contributed by atoms with E-state index in [1.807, 2.05) is 37.3 Å². The monoisotopic (exact) mass is 201 g/mol. The summed E-state index contributed by atoms with van der Waals surface area (Å²) < 4.78 is 0. The Morgan fingerprint density at radius 1 is 1.27 bits per heavy atom. The lowest BCUT2D eigenvalue weighted by Gasteiger charge is -1.99. The molecular formula is C12H11NO2. The summed E-state index contributed by atoms with van der Waals surface area (Å²) in [5.74, 6) is -0.922. The number of hydrogen-bond donors (Lipinski definition) is 2. The Morgan fingerprint density at radius 2 is 1.93 bits per heavy atom. The highest BCUT2D eigenvalue weighted by Gasteiger charge is 2.13. The third-order valence-corrected chi connectivity index (χ3v) is 2.44. The van der Waals surface area contributed by atoms with E-state index in [9.17, 15) is 4.79 Å². The molecule has 1 aromatic carbocycles. The van der Waals surface area contributed by atoms with Crippen LogP contribution in [0.5, 0.6) is 0 Å². The van der Waals surface area contributed by atoms with Gasteiger partial charge >= 0.3 is 5.97 Å². The van der Waals surface area contributed by atoms with Gasteiger partial charge < -0.3 is 10.1 Å². The molecule has 2 N–H and O–H groups in total. The molecule has 0 atom stereocenters. The van der Waals surface area contributed by atoms with Gasteiger partial charge in [-0.15, -0.1) is 0 Å². The Morgan fingerprint density at radius 3 is 2.47 bits per heavy atom. The molecule has 3 heteroatoms. The zero-order chi connectivity index (χ0) is 10.8. The SMILES string of the molecule is Cc1c(-c2ccccc2)c[nH]c1C(=O)O. The van der Waals surface area contributed by atoms with Crippen molar-refractivity contribution in [1.29, 1.82) is 0 Å². The second-order valence-electron chi connectivity index (χ2n) is 3.37. The molecule has 0 aliphatic heterocycles. The van der Waals surface area contributed by atoms with E-state index in [1.54, 1.807) is 6.20 Å². The number of carbonyl (C=O) groups is 1. The van der Waals surface area contributed by atoms with Crippen LogP contribution in [0.4, 0.5) is 0 Å². The van der Waals surface area contributed by atoms with Gasteiger partial charge in [-0.05, 0) is 18.1 Å². The van der Waals surface area contributed by atoms with Crippen LogP contribution in [0.15, 0.2) is 36.5 Å². The second-order valence-corrected chi connectivity index (χ2v) is 3.37. The van der Waals surface area contributed by atoms with Gasteiger partial charge in [-0.1, -0.05) is 30.3 Å². The van der Waals surface area contributed by atoms with Crippen molar-refractivity contribution in [3.8, 4) is 11.1 Å². The number of H-pyrrole nitrogens is 1. The molecule has 0 saturated carbocycles. The normalized spacial score (nSPS) is 10.2. The zero-order valence-electron chi connectivity index (χ0n) is 8.32. The molecule has 2 aromatic rings. The molecule has 76 valence electrons. The van der Waals surface area contributed by atoms with E-state index >= 15 is 0 Å². The maximum absolute atomic E-state index is 10.8. The molecule has 1 heterocycles. The van der Waals surface area contributed by atoms with Crippen molar-refractivity contribution in [3.63, 3.8) is 0 Å². The van der Waals surface area contributed by atoms with Gasteiger partial charge in [0.05, 0.1) is 0 Å². The number of aromatic nitrogens is 1. The summed E-state index contributed by atoms with van der Waals surface area (Å²) >= 11 is 0. The number of carboxylic acid groups (broad SMARTS) is 1. The summed E-state index contributed by atoms with van der Waals surface area (Å²) in [6.45, 7) is 1.81. The number of rotatable bonds is 2. The maximum Gasteiger partial charge on any atom is 0.352 e. The molecule has 0 radical (unpaired) electrons. The van der Waals surface area contributed by atoms with Crippen LogP contribution in [0.1, 0.15) is 16.1 Å². The van der Waals surface area contributed by atoms with Crippen LogP contribution in [0, 0.1) is 6.92 Å². The summed E-state index contributed by atoms with van der Waals surface area (Å²) in [6, 6.07) is 9.72. The van der Waals surface area contributed by atoms with E-state index in [-0.39, 0.29) is 5.69 Å². The summed E-state index contributed by atoms with van der Waals surface area (Å²) in [4.78, 5) is 13.6. The fraction of sp³-hybridized carbons (Fsp3) is 0.0833. The zero-order valence-corrected chi connectivity index (χ0v) is 8.32. The van der Waals surface area contributed by atoms with Gasteiger partial charge in [-0.3, -0.25) is 0 Å². The van der Waals surface area contributed by atoms with E-state index in [4.69, 9.17) is 5.11 Å². The highest BCUT2D eigenvalue weighted by Crippen LogP contribution is 2.25. The number of benzene rings is 1. The fourth-order valence-electron chi connectivity index (χ4n) is 1.64. The molecule has 0 aliphatic rings. The van der Waals surface area contributed by atoms with Gasteiger partial charge in [0.2, 0.25) is 0 Å². The molecule has 15 heavy (non-hydrogen) atoms. The predicted molar refractivity (Wildman–Crippen MR) is 57.9 cm³/mol. The maximum atomic E-state index is 10.8.